The fourth-order valence-corrected chi connectivity index (χ4v) is 3.72. The molecule has 1 aromatic carbocycles. The van der Waals surface area contributed by atoms with Gasteiger partial charge in [0.1, 0.15) is 5.82 Å². The Balaban J connectivity index is 1.62. The van der Waals surface area contributed by atoms with E-state index in [1.54, 1.807) is 10.8 Å². The van der Waals surface area contributed by atoms with Crippen LogP contribution < -0.4 is 0 Å². The maximum absolute atomic E-state index is 11.5. The summed E-state index contributed by atoms with van der Waals surface area (Å²) in [7, 11) is 0. The molecule has 0 aliphatic carbocycles. The van der Waals surface area contributed by atoms with E-state index in [-0.39, 0.29) is 11.5 Å². The highest BCUT2D eigenvalue weighted by atomic mass is 16.6. The first kappa shape index (κ1) is 22.3. The van der Waals surface area contributed by atoms with Crippen LogP contribution in [0.4, 0.5) is 5.69 Å². The molecule has 0 radical (unpaired) electrons. The Kier molecular flexibility index (Phi) is 6.57. The Labute approximate surface area is 191 Å². The van der Waals surface area contributed by atoms with Gasteiger partial charge in [-0.15, -0.1) is 5.10 Å². The molecule has 11 heteroatoms. The largest absolute Gasteiger partial charge is 0.308 e. The van der Waals surface area contributed by atoms with E-state index < -0.39 is 4.92 Å². The SMILES string of the molecule is CCCCc1nc(C(C)CC)n(Cc2ccc(-n3ccc([N+](=O)[O-])c3-c3nnn[nH]3)cc2)n1. The van der Waals surface area contributed by atoms with Gasteiger partial charge in [0.25, 0.3) is 5.69 Å². The zero-order valence-electron chi connectivity index (χ0n) is 19.0. The Morgan fingerprint density at radius 1 is 1.18 bits per heavy atom. The number of aromatic nitrogens is 8. The van der Waals surface area contributed by atoms with Crippen molar-refractivity contribution in [3.05, 3.63) is 63.9 Å². The number of hydrogen-bond acceptors (Lipinski definition) is 7. The number of aromatic amines is 1. The third kappa shape index (κ3) is 4.66. The van der Waals surface area contributed by atoms with Crippen LogP contribution in [0.1, 0.15) is 63.2 Å². The van der Waals surface area contributed by atoms with E-state index in [9.17, 15) is 10.1 Å². The Bertz CT molecular complexity index is 1210. The van der Waals surface area contributed by atoms with Gasteiger partial charge in [-0.2, -0.15) is 5.10 Å². The van der Waals surface area contributed by atoms with Crippen molar-refractivity contribution in [2.75, 3.05) is 0 Å². The molecular formula is C22H27N9O2. The van der Waals surface area contributed by atoms with Crippen LogP contribution in [0.25, 0.3) is 17.2 Å². The highest BCUT2D eigenvalue weighted by Crippen LogP contribution is 2.31. The van der Waals surface area contributed by atoms with E-state index in [1.165, 1.54) is 6.07 Å². The topological polar surface area (TPSA) is 133 Å². The molecule has 172 valence electrons. The van der Waals surface area contributed by atoms with Crippen LogP contribution in [0.15, 0.2) is 36.5 Å². The fourth-order valence-electron chi connectivity index (χ4n) is 3.72. The molecule has 1 atom stereocenters. The van der Waals surface area contributed by atoms with Crippen molar-refractivity contribution in [1.82, 2.24) is 40.0 Å². The lowest BCUT2D eigenvalue weighted by molar-refractivity contribution is -0.384. The summed E-state index contributed by atoms with van der Waals surface area (Å²) in [6.07, 6.45) is 5.71. The third-order valence-corrected chi connectivity index (χ3v) is 5.73. The standard InChI is InChI=1S/C22H27N9O2/c1-4-6-7-19-23-22(15(3)5-2)30(26-19)14-16-8-10-17(11-9-16)29-13-12-18(31(32)33)20(29)21-24-27-28-25-21/h8-13,15H,4-7,14H2,1-3H3,(H,24,25,27,28). The summed E-state index contributed by atoms with van der Waals surface area (Å²) in [5.74, 6) is 2.46. The number of rotatable bonds is 10. The molecule has 4 aromatic rings. The van der Waals surface area contributed by atoms with Gasteiger partial charge in [-0.25, -0.2) is 14.8 Å². The monoisotopic (exact) mass is 449 g/mol. The number of nitrogens with zero attached hydrogens (tertiary/aromatic N) is 8. The number of nitrogens with one attached hydrogen (secondary N) is 1. The van der Waals surface area contributed by atoms with E-state index in [0.717, 1.165) is 48.6 Å². The molecule has 0 spiro atoms. The second kappa shape index (κ2) is 9.72. The van der Waals surface area contributed by atoms with E-state index in [2.05, 4.69) is 41.4 Å². The average molecular weight is 450 g/mol. The number of H-pyrrole nitrogens is 1. The maximum atomic E-state index is 11.5. The lowest BCUT2D eigenvalue weighted by atomic mass is 10.1. The van der Waals surface area contributed by atoms with Crippen LogP contribution in [0.5, 0.6) is 0 Å². The Hall–Kier alpha value is -3.89. The lowest BCUT2D eigenvalue weighted by Crippen LogP contribution is -2.09. The molecule has 0 amide bonds. The highest BCUT2D eigenvalue weighted by Gasteiger charge is 2.24. The molecule has 3 aromatic heterocycles. The first-order valence-corrected chi connectivity index (χ1v) is 11.1. The van der Waals surface area contributed by atoms with Crippen molar-refractivity contribution < 1.29 is 4.92 Å². The third-order valence-electron chi connectivity index (χ3n) is 5.73. The van der Waals surface area contributed by atoms with Crippen LogP contribution in [-0.4, -0.2) is 44.9 Å². The van der Waals surface area contributed by atoms with Crippen LogP contribution >= 0.6 is 0 Å². The summed E-state index contributed by atoms with van der Waals surface area (Å²) in [5, 5.41) is 29.8. The molecule has 11 nitrogen and oxygen atoms in total. The van der Waals surface area contributed by atoms with Gasteiger partial charge < -0.3 is 4.57 Å². The number of benzene rings is 1. The summed E-state index contributed by atoms with van der Waals surface area (Å²) < 4.78 is 3.70. The number of tetrazole rings is 1. The van der Waals surface area contributed by atoms with Crippen LogP contribution in [-0.2, 0) is 13.0 Å². The molecule has 0 bridgehead atoms. The van der Waals surface area contributed by atoms with Crippen LogP contribution in [0.2, 0.25) is 0 Å². The maximum Gasteiger partial charge on any atom is 0.298 e. The van der Waals surface area contributed by atoms with Crippen molar-refractivity contribution >= 4 is 5.69 Å². The number of hydrogen-bond donors (Lipinski definition) is 1. The van der Waals surface area contributed by atoms with Gasteiger partial charge in [-0.3, -0.25) is 10.1 Å². The van der Waals surface area contributed by atoms with Crippen molar-refractivity contribution in [1.29, 1.82) is 0 Å². The minimum atomic E-state index is -0.444. The summed E-state index contributed by atoms with van der Waals surface area (Å²) in [5.41, 5.74) is 2.06. The van der Waals surface area contributed by atoms with Crippen molar-refractivity contribution in [2.45, 2.75) is 58.9 Å². The van der Waals surface area contributed by atoms with Gasteiger partial charge >= 0.3 is 0 Å². The molecular weight excluding hydrogens is 422 g/mol. The first-order chi connectivity index (χ1) is 16.0. The minimum absolute atomic E-state index is 0.0713. The van der Waals surface area contributed by atoms with E-state index in [0.29, 0.717) is 18.2 Å². The fraction of sp³-hybridized carbons (Fsp3) is 0.409. The molecule has 3 heterocycles. The van der Waals surface area contributed by atoms with Gasteiger partial charge in [0.05, 0.1) is 11.5 Å². The summed E-state index contributed by atoms with van der Waals surface area (Å²) in [6.45, 7) is 7.11. The van der Waals surface area contributed by atoms with E-state index in [4.69, 9.17) is 10.1 Å². The first-order valence-electron chi connectivity index (χ1n) is 11.1. The normalized spacial score (nSPS) is 12.2. The van der Waals surface area contributed by atoms with Gasteiger partial charge in [-0.1, -0.05) is 39.3 Å². The molecule has 0 saturated heterocycles. The molecule has 1 unspecified atom stereocenters. The van der Waals surface area contributed by atoms with Gasteiger partial charge in [0.15, 0.2) is 11.5 Å². The zero-order chi connectivity index (χ0) is 23.4. The second-order valence-electron chi connectivity index (χ2n) is 8.05. The predicted molar refractivity (Wildman–Crippen MR) is 122 cm³/mol. The number of nitro groups is 1. The molecule has 4 rings (SSSR count). The molecule has 33 heavy (non-hydrogen) atoms. The van der Waals surface area contributed by atoms with Crippen LogP contribution in [0, 0.1) is 10.1 Å². The quantitative estimate of drug-likeness (QED) is 0.285. The lowest BCUT2D eigenvalue weighted by Gasteiger charge is -2.12. The predicted octanol–water partition coefficient (Wildman–Crippen LogP) is 4.06. The molecule has 0 fully saturated rings. The summed E-state index contributed by atoms with van der Waals surface area (Å²) in [6, 6.07) is 9.28. The Morgan fingerprint density at radius 2 is 1.97 bits per heavy atom. The van der Waals surface area contributed by atoms with Gasteiger partial charge in [0, 0.05) is 30.3 Å². The minimum Gasteiger partial charge on any atom is -0.308 e. The molecule has 0 aliphatic heterocycles. The zero-order valence-corrected chi connectivity index (χ0v) is 19.0. The van der Waals surface area contributed by atoms with Crippen molar-refractivity contribution in [3.63, 3.8) is 0 Å². The number of unbranched alkanes of at least 4 members (excludes halogenated alkanes) is 1. The van der Waals surface area contributed by atoms with Gasteiger partial charge in [0.2, 0.25) is 5.82 Å². The van der Waals surface area contributed by atoms with Crippen LogP contribution in [0.3, 0.4) is 0 Å². The van der Waals surface area contributed by atoms with E-state index >= 15 is 0 Å². The second-order valence-corrected chi connectivity index (χ2v) is 8.05. The average Bonchev–Trinajstić information content (AvgIpc) is 3.57. The molecule has 1 N–H and O–H groups in total. The smallest absolute Gasteiger partial charge is 0.298 e. The van der Waals surface area contributed by atoms with Crippen molar-refractivity contribution in [3.8, 4) is 17.2 Å². The summed E-state index contributed by atoms with van der Waals surface area (Å²) in [4.78, 5) is 15.8. The molecule has 0 saturated carbocycles. The highest BCUT2D eigenvalue weighted by molar-refractivity contribution is 5.67. The Morgan fingerprint density at radius 3 is 2.61 bits per heavy atom. The molecule has 0 aliphatic rings. The van der Waals surface area contributed by atoms with Gasteiger partial charge in [-0.05, 0) is 41.0 Å². The van der Waals surface area contributed by atoms with Crippen molar-refractivity contribution in [2.24, 2.45) is 0 Å². The number of aryl methyl sites for hydroxylation is 1. The van der Waals surface area contributed by atoms with E-state index in [1.807, 2.05) is 28.9 Å². The summed E-state index contributed by atoms with van der Waals surface area (Å²) >= 11 is 0.